The molecular weight excluding hydrogens is 162 g/mol. The largest absolute Gasteiger partial charge is 0.464 e. The zero-order valence-corrected chi connectivity index (χ0v) is 7.29. The highest BCUT2D eigenvalue weighted by atomic mass is 16.3. The molecule has 1 aromatic heterocycles. The van der Waals surface area contributed by atoms with E-state index >= 15 is 0 Å². The van der Waals surface area contributed by atoms with Crippen LogP contribution >= 0.6 is 0 Å². The number of hydrogen-bond donors (Lipinski definition) is 1. The minimum absolute atomic E-state index is 0.518. The summed E-state index contributed by atoms with van der Waals surface area (Å²) in [6.45, 7) is 0.729. The summed E-state index contributed by atoms with van der Waals surface area (Å²) in [5.41, 5.74) is 9.45. The Morgan fingerprint density at radius 2 is 2.31 bits per heavy atom. The van der Waals surface area contributed by atoms with Crippen LogP contribution < -0.4 is 5.73 Å². The zero-order valence-electron chi connectivity index (χ0n) is 7.29. The first-order chi connectivity index (χ1) is 6.40. The van der Waals surface area contributed by atoms with Crippen molar-refractivity contribution in [1.82, 2.24) is 0 Å². The zero-order chi connectivity index (χ0) is 8.84. The lowest BCUT2D eigenvalue weighted by Crippen LogP contribution is -2.24. The van der Waals surface area contributed by atoms with E-state index in [-0.39, 0.29) is 0 Å². The van der Waals surface area contributed by atoms with Gasteiger partial charge in [0.05, 0.1) is 6.26 Å². The minimum Gasteiger partial charge on any atom is -0.464 e. The van der Waals surface area contributed by atoms with Gasteiger partial charge in [-0.2, -0.15) is 0 Å². The van der Waals surface area contributed by atoms with Crippen LogP contribution in [0, 0.1) is 0 Å². The average Bonchev–Trinajstić information content (AvgIpc) is 2.52. The van der Waals surface area contributed by atoms with Gasteiger partial charge in [-0.3, -0.25) is 0 Å². The van der Waals surface area contributed by atoms with Gasteiger partial charge in [-0.25, -0.2) is 0 Å². The van der Waals surface area contributed by atoms with Crippen LogP contribution in [0.1, 0.15) is 17.0 Å². The van der Waals surface area contributed by atoms with E-state index < -0.39 is 0 Å². The maximum absolute atomic E-state index is 5.67. The molecular formula is C11H11NO. The van der Waals surface area contributed by atoms with Crippen LogP contribution in [-0.2, 0) is 6.42 Å². The van der Waals surface area contributed by atoms with E-state index in [1.54, 1.807) is 6.26 Å². The molecule has 1 heterocycles. The summed E-state index contributed by atoms with van der Waals surface area (Å²) in [5, 5.41) is 1.19. The van der Waals surface area contributed by atoms with E-state index in [1.807, 2.05) is 6.07 Å². The third-order valence-electron chi connectivity index (χ3n) is 2.91. The maximum Gasteiger partial charge on any atom is 0.137 e. The number of furan rings is 1. The number of benzene rings is 1. The highest BCUT2D eigenvalue weighted by Gasteiger charge is 2.28. The highest BCUT2D eigenvalue weighted by Crippen LogP contribution is 2.39. The summed E-state index contributed by atoms with van der Waals surface area (Å²) in [7, 11) is 0. The molecule has 1 atom stereocenters. The molecule has 0 radical (unpaired) electrons. The average molecular weight is 173 g/mol. The molecule has 1 aliphatic rings. The number of fused-ring (bicyclic) bond motifs is 3. The van der Waals surface area contributed by atoms with Gasteiger partial charge >= 0.3 is 0 Å². The van der Waals surface area contributed by atoms with Crippen LogP contribution in [0.5, 0.6) is 0 Å². The first-order valence-corrected chi connectivity index (χ1v) is 4.59. The fourth-order valence-electron chi connectivity index (χ4n) is 2.16. The normalized spacial score (nSPS) is 19.9. The quantitative estimate of drug-likeness (QED) is 0.716. The van der Waals surface area contributed by atoms with Crippen LogP contribution in [0.25, 0.3) is 11.0 Å². The Labute approximate surface area is 76.3 Å². The molecule has 0 saturated carbocycles. The van der Waals surface area contributed by atoms with Gasteiger partial charge in [0.2, 0.25) is 0 Å². The first kappa shape index (κ1) is 7.15. The summed E-state index contributed by atoms with van der Waals surface area (Å²) < 4.78 is 5.46. The summed E-state index contributed by atoms with van der Waals surface area (Å²) in [6.07, 6.45) is 2.86. The second-order valence-electron chi connectivity index (χ2n) is 3.61. The number of nitrogens with two attached hydrogens (primary N) is 1. The Bertz CT molecular complexity index is 458. The summed E-state index contributed by atoms with van der Waals surface area (Å²) in [5.74, 6) is 0.518. The minimum atomic E-state index is 0.518. The van der Waals surface area contributed by atoms with Crippen molar-refractivity contribution >= 4 is 11.0 Å². The molecule has 2 heteroatoms. The molecule has 13 heavy (non-hydrogen) atoms. The third kappa shape index (κ3) is 0.810. The maximum atomic E-state index is 5.67. The van der Waals surface area contributed by atoms with Crippen molar-refractivity contribution in [3.63, 3.8) is 0 Å². The third-order valence-corrected chi connectivity index (χ3v) is 2.91. The standard InChI is InChI=1S/C11H11NO/c12-6-9-5-8-2-1-7-3-4-13-11(7)10(8)9/h1-4,9H,5-6,12H2. The number of hydrogen-bond acceptors (Lipinski definition) is 2. The van der Waals surface area contributed by atoms with E-state index in [0.717, 1.165) is 18.5 Å². The SMILES string of the molecule is NCC1Cc2ccc3ccoc3c21. The van der Waals surface area contributed by atoms with E-state index in [4.69, 9.17) is 10.2 Å². The van der Waals surface area contributed by atoms with Crippen LogP contribution in [0.4, 0.5) is 0 Å². The number of rotatable bonds is 1. The van der Waals surface area contributed by atoms with Crippen LogP contribution in [-0.4, -0.2) is 6.54 Å². The van der Waals surface area contributed by atoms with Crippen LogP contribution in [0.3, 0.4) is 0 Å². The summed E-state index contributed by atoms with van der Waals surface area (Å²) in [4.78, 5) is 0. The molecule has 2 aromatic rings. The molecule has 0 spiro atoms. The second-order valence-corrected chi connectivity index (χ2v) is 3.61. The molecule has 0 bridgehead atoms. The van der Waals surface area contributed by atoms with Gasteiger partial charge in [0.15, 0.2) is 0 Å². The predicted molar refractivity (Wildman–Crippen MR) is 51.7 cm³/mol. The Balaban J connectivity index is 2.31. The van der Waals surface area contributed by atoms with E-state index in [9.17, 15) is 0 Å². The molecule has 0 saturated heterocycles. The van der Waals surface area contributed by atoms with Crippen molar-refractivity contribution in [2.45, 2.75) is 12.3 Å². The van der Waals surface area contributed by atoms with Crippen molar-refractivity contribution in [1.29, 1.82) is 0 Å². The Morgan fingerprint density at radius 3 is 3.15 bits per heavy atom. The van der Waals surface area contributed by atoms with Crippen molar-refractivity contribution in [2.24, 2.45) is 5.73 Å². The lowest BCUT2D eigenvalue weighted by atomic mass is 9.77. The monoisotopic (exact) mass is 173 g/mol. The van der Waals surface area contributed by atoms with Gasteiger partial charge in [0.25, 0.3) is 0 Å². The molecule has 1 unspecified atom stereocenters. The first-order valence-electron chi connectivity index (χ1n) is 4.59. The lowest BCUT2D eigenvalue weighted by Gasteiger charge is -2.28. The summed E-state index contributed by atoms with van der Waals surface area (Å²) >= 11 is 0. The van der Waals surface area contributed by atoms with Gasteiger partial charge < -0.3 is 10.2 Å². The van der Waals surface area contributed by atoms with Crippen molar-refractivity contribution in [3.05, 3.63) is 35.6 Å². The summed E-state index contributed by atoms with van der Waals surface area (Å²) in [6, 6.07) is 6.30. The second kappa shape index (κ2) is 2.36. The molecule has 0 amide bonds. The smallest absolute Gasteiger partial charge is 0.137 e. The molecule has 2 nitrogen and oxygen atoms in total. The van der Waals surface area contributed by atoms with Crippen molar-refractivity contribution in [3.8, 4) is 0 Å². The highest BCUT2D eigenvalue weighted by molar-refractivity contribution is 5.83. The molecule has 1 aliphatic carbocycles. The Morgan fingerprint density at radius 1 is 1.38 bits per heavy atom. The van der Waals surface area contributed by atoms with Crippen LogP contribution in [0.2, 0.25) is 0 Å². The molecule has 0 fully saturated rings. The van der Waals surface area contributed by atoms with Crippen LogP contribution in [0.15, 0.2) is 28.9 Å². The van der Waals surface area contributed by atoms with E-state index in [1.165, 1.54) is 16.5 Å². The topological polar surface area (TPSA) is 39.2 Å². The van der Waals surface area contributed by atoms with E-state index in [0.29, 0.717) is 5.92 Å². The van der Waals surface area contributed by atoms with Gasteiger partial charge in [0.1, 0.15) is 5.58 Å². The van der Waals surface area contributed by atoms with E-state index in [2.05, 4.69) is 12.1 Å². The Hall–Kier alpha value is -1.28. The van der Waals surface area contributed by atoms with Crippen molar-refractivity contribution < 1.29 is 4.42 Å². The molecule has 3 rings (SSSR count). The van der Waals surface area contributed by atoms with Gasteiger partial charge in [-0.15, -0.1) is 0 Å². The molecule has 66 valence electrons. The van der Waals surface area contributed by atoms with Gasteiger partial charge in [-0.1, -0.05) is 12.1 Å². The fourth-order valence-corrected chi connectivity index (χ4v) is 2.16. The van der Waals surface area contributed by atoms with Gasteiger partial charge in [0, 0.05) is 16.9 Å². The predicted octanol–water partition coefficient (Wildman–Crippen LogP) is 2.03. The molecule has 1 aromatic carbocycles. The molecule has 2 N–H and O–H groups in total. The lowest BCUT2D eigenvalue weighted by molar-refractivity contribution is 0.570. The molecule has 0 aliphatic heterocycles. The van der Waals surface area contributed by atoms with Crippen molar-refractivity contribution in [2.75, 3.05) is 6.54 Å². The fraction of sp³-hybridized carbons (Fsp3) is 0.273. The van der Waals surface area contributed by atoms with Gasteiger partial charge in [-0.05, 0) is 24.6 Å². The Kier molecular flexibility index (Phi) is 1.30.